The van der Waals surface area contributed by atoms with Crippen molar-refractivity contribution in [3.63, 3.8) is 0 Å². The lowest BCUT2D eigenvalue weighted by atomic mass is 10.1. The van der Waals surface area contributed by atoms with E-state index in [9.17, 15) is 8.42 Å². The fraction of sp³-hybridized carbons (Fsp3) is 1.00. The molecule has 1 heterocycles. The van der Waals surface area contributed by atoms with Gasteiger partial charge in [-0.15, -0.1) is 0 Å². The van der Waals surface area contributed by atoms with E-state index in [4.69, 9.17) is 0 Å². The molecular formula is C11H22N2O2S. The van der Waals surface area contributed by atoms with Gasteiger partial charge in [-0.3, -0.25) is 0 Å². The van der Waals surface area contributed by atoms with Gasteiger partial charge in [0.05, 0.1) is 0 Å². The summed E-state index contributed by atoms with van der Waals surface area (Å²) in [6, 6.07) is 0.340. The second-order valence-corrected chi connectivity index (χ2v) is 6.71. The number of nitrogens with zero attached hydrogens (tertiary/aromatic N) is 1. The number of piperidine rings is 1. The molecule has 0 spiro atoms. The highest BCUT2D eigenvalue weighted by Gasteiger charge is 2.31. The van der Waals surface area contributed by atoms with Crippen molar-refractivity contribution in [2.75, 3.05) is 6.54 Å². The molecule has 1 saturated carbocycles. The van der Waals surface area contributed by atoms with Crippen LogP contribution < -0.4 is 4.72 Å². The first-order chi connectivity index (χ1) is 7.59. The normalized spacial score (nSPS) is 29.7. The van der Waals surface area contributed by atoms with Crippen LogP contribution in [0.3, 0.4) is 0 Å². The van der Waals surface area contributed by atoms with Crippen LogP contribution in [-0.2, 0) is 10.2 Å². The van der Waals surface area contributed by atoms with E-state index >= 15 is 0 Å². The summed E-state index contributed by atoms with van der Waals surface area (Å²) in [5.41, 5.74) is 0. The molecule has 0 bridgehead atoms. The van der Waals surface area contributed by atoms with E-state index in [2.05, 4.69) is 4.72 Å². The fourth-order valence-electron chi connectivity index (χ4n) is 2.75. The van der Waals surface area contributed by atoms with E-state index in [1.54, 1.807) is 4.31 Å². The van der Waals surface area contributed by atoms with E-state index in [0.29, 0.717) is 6.54 Å². The molecule has 94 valence electrons. The maximum absolute atomic E-state index is 12.2. The quantitative estimate of drug-likeness (QED) is 0.823. The first-order valence-electron chi connectivity index (χ1n) is 6.39. The molecule has 2 rings (SSSR count). The van der Waals surface area contributed by atoms with Gasteiger partial charge in [0.1, 0.15) is 0 Å². The third-order valence-electron chi connectivity index (χ3n) is 3.72. The first-order valence-corrected chi connectivity index (χ1v) is 7.83. The Morgan fingerprint density at radius 2 is 1.69 bits per heavy atom. The minimum Gasteiger partial charge on any atom is -0.199 e. The fourth-order valence-corrected chi connectivity index (χ4v) is 4.49. The average Bonchev–Trinajstić information content (AvgIpc) is 2.70. The van der Waals surface area contributed by atoms with E-state index in [1.165, 1.54) is 0 Å². The Hall–Kier alpha value is -0.130. The molecule has 2 aliphatic rings. The molecule has 16 heavy (non-hydrogen) atoms. The maximum Gasteiger partial charge on any atom is 0.279 e. The molecule has 1 unspecified atom stereocenters. The summed E-state index contributed by atoms with van der Waals surface area (Å²) in [4.78, 5) is 0. The summed E-state index contributed by atoms with van der Waals surface area (Å²) < 4.78 is 28.8. The lowest BCUT2D eigenvalue weighted by molar-refractivity contribution is 0.263. The molecule has 0 aromatic carbocycles. The molecule has 1 aliphatic heterocycles. The number of rotatable bonds is 3. The van der Waals surface area contributed by atoms with Crippen molar-refractivity contribution in [3.05, 3.63) is 0 Å². The molecule has 1 atom stereocenters. The smallest absolute Gasteiger partial charge is 0.199 e. The highest BCUT2D eigenvalue weighted by Crippen LogP contribution is 2.22. The van der Waals surface area contributed by atoms with Crippen LogP contribution in [0.15, 0.2) is 0 Å². The zero-order valence-corrected chi connectivity index (χ0v) is 10.8. The van der Waals surface area contributed by atoms with Gasteiger partial charge in [0, 0.05) is 18.6 Å². The maximum atomic E-state index is 12.2. The molecule has 4 nitrogen and oxygen atoms in total. The van der Waals surface area contributed by atoms with Crippen molar-refractivity contribution >= 4 is 10.2 Å². The largest absolute Gasteiger partial charge is 0.279 e. The molecule has 1 aliphatic carbocycles. The van der Waals surface area contributed by atoms with Crippen LogP contribution in [0.5, 0.6) is 0 Å². The van der Waals surface area contributed by atoms with Crippen LogP contribution in [0.25, 0.3) is 0 Å². The first kappa shape index (κ1) is 12.3. The molecule has 5 heteroatoms. The lowest BCUT2D eigenvalue weighted by Crippen LogP contribution is -2.50. The van der Waals surface area contributed by atoms with Crippen LogP contribution in [0.1, 0.15) is 51.9 Å². The molecule has 1 N–H and O–H groups in total. The molecule has 0 aromatic rings. The predicted molar refractivity (Wildman–Crippen MR) is 64.3 cm³/mol. The Balaban J connectivity index is 1.99. The Morgan fingerprint density at radius 1 is 1.06 bits per heavy atom. The second kappa shape index (κ2) is 5.02. The summed E-state index contributed by atoms with van der Waals surface area (Å²) in [7, 11) is -3.23. The van der Waals surface area contributed by atoms with Gasteiger partial charge in [0.2, 0.25) is 0 Å². The van der Waals surface area contributed by atoms with Crippen molar-refractivity contribution in [1.29, 1.82) is 0 Å². The van der Waals surface area contributed by atoms with Gasteiger partial charge >= 0.3 is 0 Å². The van der Waals surface area contributed by atoms with E-state index in [-0.39, 0.29) is 12.1 Å². The van der Waals surface area contributed by atoms with Gasteiger partial charge in [0.25, 0.3) is 10.2 Å². The van der Waals surface area contributed by atoms with E-state index in [0.717, 1.165) is 44.9 Å². The number of hydrogen-bond donors (Lipinski definition) is 1. The zero-order valence-electron chi connectivity index (χ0n) is 9.98. The van der Waals surface area contributed by atoms with Crippen molar-refractivity contribution in [3.8, 4) is 0 Å². The van der Waals surface area contributed by atoms with Crippen LogP contribution in [0.2, 0.25) is 0 Å². The molecule has 0 amide bonds. The molecule has 1 saturated heterocycles. The van der Waals surface area contributed by atoms with Gasteiger partial charge in [-0.2, -0.15) is 17.4 Å². The van der Waals surface area contributed by atoms with Gasteiger partial charge in [0.15, 0.2) is 0 Å². The third-order valence-corrected chi connectivity index (χ3v) is 5.51. The molecular weight excluding hydrogens is 224 g/mol. The standard InChI is InChI=1S/C11H22N2O2S/c1-10-6-4-5-9-13(10)16(14,15)12-11-7-2-3-8-11/h10-12H,2-9H2,1H3. The summed E-state index contributed by atoms with van der Waals surface area (Å²) >= 11 is 0. The average molecular weight is 246 g/mol. The third kappa shape index (κ3) is 2.76. The van der Waals surface area contributed by atoms with Crippen molar-refractivity contribution in [2.45, 2.75) is 64.0 Å². The highest BCUT2D eigenvalue weighted by molar-refractivity contribution is 7.87. The van der Waals surface area contributed by atoms with Crippen LogP contribution in [0.4, 0.5) is 0 Å². The van der Waals surface area contributed by atoms with Gasteiger partial charge < -0.3 is 0 Å². The SMILES string of the molecule is CC1CCCCN1S(=O)(=O)NC1CCCC1. The molecule has 0 aromatic heterocycles. The van der Waals surface area contributed by atoms with Crippen molar-refractivity contribution < 1.29 is 8.42 Å². The number of nitrogens with one attached hydrogen (secondary N) is 1. The monoisotopic (exact) mass is 246 g/mol. The van der Waals surface area contributed by atoms with E-state index < -0.39 is 10.2 Å². The second-order valence-electron chi connectivity index (χ2n) is 5.06. The molecule has 0 radical (unpaired) electrons. The Morgan fingerprint density at radius 3 is 2.31 bits per heavy atom. The highest BCUT2D eigenvalue weighted by atomic mass is 32.2. The minimum absolute atomic E-state index is 0.160. The van der Waals surface area contributed by atoms with E-state index in [1.807, 2.05) is 6.92 Å². The molecule has 2 fully saturated rings. The number of hydrogen-bond acceptors (Lipinski definition) is 2. The van der Waals surface area contributed by atoms with Crippen molar-refractivity contribution in [1.82, 2.24) is 9.03 Å². The Kier molecular flexibility index (Phi) is 3.87. The van der Waals surface area contributed by atoms with Gasteiger partial charge in [-0.25, -0.2) is 0 Å². The predicted octanol–water partition coefficient (Wildman–Crippen LogP) is 1.64. The Bertz CT molecular complexity index is 323. The van der Waals surface area contributed by atoms with Crippen LogP contribution in [-0.4, -0.2) is 31.4 Å². The van der Waals surface area contributed by atoms with Crippen LogP contribution in [0, 0.1) is 0 Å². The summed E-state index contributed by atoms with van der Waals surface area (Å²) in [5.74, 6) is 0. The zero-order chi connectivity index (χ0) is 11.6. The summed E-state index contributed by atoms with van der Waals surface area (Å²) in [5, 5.41) is 0. The van der Waals surface area contributed by atoms with Gasteiger partial charge in [-0.1, -0.05) is 19.3 Å². The summed E-state index contributed by atoms with van der Waals surface area (Å²) in [6.45, 7) is 2.69. The minimum atomic E-state index is -3.23. The van der Waals surface area contributed by atoms with Crippen LogP contribution >= 0.6 is 0 Å². The summed E-state index contributed by atoms with van der Waals surface area (Å²) in [6.07, 6.45) is 7.45. The van der Waals surface area contributed by atoms with Crippen molar-refractivity contribution in [2.24, 2.45) is 0 Å². The van der Waals surface area contributed by atoms with Gasteiger partial charge in [-0.05, 0) is 32.6 Å². The topological polar surface area (TPSA) is 49.4 Å². The lowest BCUT2D eigenvalue weighted by Gasteiger charge is -2.33. The Labute approximate surface area is 98.6 Å².